The molecule has 0 spiro atoms. The molecule has 132 valence electrons. The van der Waals surface area contributed by atoms with Crippen molar-refractivity contribution in [2.75, 3.05) is 25.1 Å². The normalized spacial score (nSPS) is 19.9. The predicted octanol–water partition coefficient (Wildman–Crippen LogP) is 0.907. The molecule has 1 fully saturated rings. The number of ether oxygens (including phenoxy) is 1. The van der Waals surface area contributed by atoms with Gasteiger partial charge in [0, 0.05) is 32.0 Å². The van der Waals surface area contributed by atoms with Crippen molar-refractivity contribution in [1.29, 1.82) is 0 Å². The van der Waals surface area contributed by atoms with Crippen LogP contribution in [-0.2, 0) is 4.74 Å². The zero-order chi connectivity index (χ0) is 17.8. The van der Waals surface area contributed by atoms with E-state index in [1.807, 2.05) is 13.0 Å². The molecule has 1 saturated heterocycles. The molecule has 3 heterocycles. The van der Waals surface area contributed by atoms with Gasteiger partial charge < -0.3 is 15.0 Å². The van der Waals surface area contributed by atoms with Gasteiger partial charge in [-0.1, -0.05) is 0 Å². The summed E-state index contributed by atoms with van der Waals surface area (Å²) in [6, 6.07) is 3.73. The quantitative estimate of drug-likeness (QED) is 0.863. The zero-order valence-corrected chi connectivity index (χ0v) is 14.6. The van der Waals surface area contributed by atoms with E-state index >= 15 is 0 Å². The lowest BCUT2D eigenvalue weighted by Gasteiger charge is -2.25. The largest absolute Gasteiger partial charge is 0.380 e. The van der Waals surface area contributed by atoms with Crippen LogP contribution >= 0.6 is 0 Å². The van der Waals surface area contributed by atoms with E-state index in [1.165, 1.54) is 6.20 Å². The number of nitrogens with one attached hydrogen (secondary N) is 1. The highest BCUT2D eigenvalue weighted by molar-refractivity contribution is 5.95. The molecule has 0 unspecified atom stereocenters. The summed E-state index contributed by atoms with van der Waals surface area (Å²) in [7, 11) is 1.71. The lowest BCUT2D eigenvalue weighted by Crippen LogP contribution is -2.40. The fraction of sp³-hybridized carbons (Fsp3) is 0.471. The first kappa shape index (κ1) is 17.2. The third-order valence-corrected chi connectivity index (χ3v) is 4.44. The molecule has 1 N–H and O–H groups in total. The molecule has 1 aliphatic rings. The summed E-state index contributed by atoms with van der Waals surface area (Å²) in [6.45, 7) is 4.95. The highest BCUT2D eigenvalue weighted by Crippen LogP contribution is 2.25. The Labute approximate surface area is 146 Å². The minimum absolute atomic E-state index is 0.110. The van der Waals surface area contributed by atoms with Crippen molar-refractivity contribution < 1.29 is 9.53 Å². The summed E-state index contributed by atoms with van der Waals surface area (Å²) in [5, 5.41) is 10.7. The standard InChI is InChI=1S/C17H22N6O2/c1-11-6-16(20-10-19-11)23-9-14(25-3)7-13(23)8-18-17(24)15-4-5-21-22-12(15)2/h4-6,10,13-14H,7-9H2,1-3H3,(H,18,24)/t13-,14-/m0/s1. The molecule has 2 aromatic heterocycles. The number of amides is 1. The number of nitrogens with zero attached hydrogens (tertiary/aromatic N) is 5. The molecule has 0 aromatic carbocycles. The molecule has 0 saturated carbocycles. The number of hydrogen-bond acceptors (Lipinski definition) is 7. The molecule has 25 heavy (non-hydrogen) atoms. The minimum Gasteiger partial charge on any atom is -0.380 e. The van der Waals surface area contributed by atoms with Gasteiger partial charge in [0.1, 0.15) is 12.1 Å². The van der Waals surface area contributed by atoms with Gasteiger partial charge in [-0.2, -0.15) is 10.2 Å². The van der Waals surface area contributed by atoms with Gasteiger partial charge in [-0.25, -0.2) is 9.97 Å². The number of anilines is 1. The minimum atomic E-state index is -0.146. The molecule has 0 bridgehead atoms. The average Bonchev–Trinajstić information content (AvgIpc) is 3.03. The van der Waals surface area contributed by atoms with E-state index in [-0.39, 0.29) is 18.1 Å². The van der Waals surface area contributed by atoms with E-state index in [4.69, 9.17) is 4.74 Å². The fourth-order valence-electron chi connectivity index (χ4n) is 3.06. The van der Waals surface area contributed by atoms with Gasteiger partial charge in [-0.15, -0.1) is 0 Å². The predicted molar refractivity (Wildman–Crippen MR) is 92.4 cm³/mol. The van der Waals surface area contributed by atoms with Crippen molar-refractivity contribution in [3.05, 3.63) is 41.6 Å². The van der Waals surface area contributed by atoms with Crippen LogP contribution in [0, 0.1) is 13.8 Å². The van der Waals surface area contributed by atoms with Crippen LogP contribution < -0.4 is 10.2 Å². The Morgan fingerprint density at radius 3 is 2.96 bits per heavy atom. The number of carbonyl (C=O) groups excluding carboxylic acids is 1. The Hall–Kier alpha value is -2.61. The maximum atomic E-state index is 12.4. The van der Waals surface area contributed by atoms with Gasteiger partial charge in [0.25, 0.3) is 5.91 Å². The monoisotopic (exact) mass is 342 g/mol. The van der Waals surface area contributed by atoms with Crippen molar-refractivity contribution in [2.24, 2.45) is 0 Å². The molecule has 1 aliphatic heterocycles. The summed E-state index contributed by atoms with van der Waals surface area (Å²) >= 11 is 0. The molecule has 8 heteroatoms. The SMILES string of the molecule is CO[C@H]1C[C@@H](CNC(=O)c2ccnnc2C)N(c2cc(C)ncn2)C1. The number of hydrogen-bond donors (Lipinski definition) is 1. The molecule has 0 radical (unpaired) electrons. The van der Waals surface area contributed by atoms with E-state index in [9.17, 15) is 4.79 Å². The van der Waals surface area contributed by atoms with E-state index in [0.29, 0.717) is 17.8 Å². The van der Waals surface area contributed by atoms with E-state index in [0.717, 1.165) is 24.5 Å². The second kappa shape index (κ2) is 7.52. The first-order valence-corrected chi connectivity index (χ1v) is 8.23. The molecular formula is C17H22N6O2. The molecular weight excluding hydrogens is 320 g/mol. The van der Waals surface area contributed by atoms with Crippen LogP contribution in [0.4, 0.5) is 5.82 Å². The van der Waals surface area contributed by atoms with E-state index < -0.39 is 0 Å². The zero-order valence-electron chi connectivity index (χ0n) is 14.6. The van der Waals surface area contributed by atoms with E-state index in [2.05, 4.69) is 30.4 Å². The Bertz CT molecular complexity index is 753. The highest BCUT2D eigenvalue weighted by Gasteiger charge is 2.33. The van der Waals surface area contributed by atoms with Gasteiger partial charge in [-0.05, 0) is 26.3 Å². The smallest absolute Gasteiger partial charge is 0.253 e. The van der Waals surface area contributed by atoms with Crippen LogP contribution in [0.15, 0.2) is 24.7 Å². The topological polar surface area (TPSA) is 93.1 Å². The summed E-state index contributed by atoms with van der Waals surface area (Å²) in [6.07, 6.45) is 4.02. The molecule has 2 atom stereocenters. The lowest BCUT2D eigenvalue weighted by molar-refractivity contribution is 0.0945. The molecule has 1 amide bonds. The molecule has 3 rings (SSSR count). The summed E-state index contributed by atoms with van der Waals surface area (Å²) < 4.78 is 5.52. The summed E-state index contributed by atoms with van der Waals surface area (Å²) in [5.41, 5.74) is 2.07. The van der Waals surface area contributed by atoms with Crippen molar-refractivity contribution >= 4 is 11.7 Å². The third kappa shape index (κ3) is 3.90. The first-order chi connectivity index (χ1) is 12.1. The third-order valence-electron chi connectivity index (χ3n) is 4.44. The van der Waals surface area contributed by atoms with Crippen LogP contribution in [-0.4, -0.2) is 58.4 Å². The molecule has 2 aromatic rings. The maximum Gasteiger partial charge on any atom is 0.253 e. The Morgan fingerprint density at radius 1 is 1.40 bits per heavy atom. The van der Waals surface area contributed by atoms with Gasteiger partial charge in [0.05, 0.1) is 29.6 Å². The highest BCUT2D eigenvalue weighted by atomic mass is 16.5. The van der Waals surface area contributed by atoms with Gasteiger partial charge in [0.15, 0.2) is 0 Å². The lowest BCUT2D eigenvalue weighted by atomic mass is 10.1. The van der Waals surface area contributed by atoms with Crippen LogP contribution in [0.5, 0.6) is 0 Å². The Kier molecular flexibility index (Phi) is 5.18. The van der Waals surface area contributed by atoms with Crippen molar-refractivity contribution in [3.63, 3.8) is 0 Å². The fourth-order valence-corrected chi connectivity index (χ4v) is 3.06. The number of carbonyl (C=O) groups is 1. The van der Waals surface area contributed by atoms with Gasteiger partial charge in [-0.3, -0.25) is 4.79 Å². The average molecular weight is 342 g/mol. The summed E-state index contributed by atoms with van der Waals surface area (Å²) in [5.74, 6) is 0.708. The second-order valence-electron chi connectivity index (χ2n) is 6.16. The van der Waals surface area contributed by atoms with E-state index in [1.54, 1.807) is 26.4 Å². The van der Waals surface area contributed by atoms with Crippen molar-refractivity contribution in [3.8, 4) is 0 Å². The van der Waals surface area contributed by atoms with Crippen molar-refractivity contribution in [2.45, 2.75) is 32.4 Å². The number of aromatic nitrogens is 4. The number of rotatable bonds is 5. The number of aryl methyl sites for hydroxylation is 2. The Balaban J connectivity index is 1.71. The Morgan fingerprint density at radius 2 is 2.24 bits per heavy atom. The van der Waals surface area contributed by atoms with Crippen molar-refractivity contribution in [1.82, 2.24) is 25.5 Å². The number of methoxy groups -OCH3 is 1. The van der Waals surface area contributed by atoms with Crippen LogP contribution in [0.1, 0.15) is 28.2 Å². The van der Waals surface area contributed by atoms with Gasteiger partial charge >= 0.3 is 0 Å². The van der Waals surface area contributed by atoms with Gasteiger partial charge in [0.2, 0.25) is 0 Å². The summed E-state index contributed by atoms with van der Waals surface area (Å²) in [4.78, 5) is 23.1. The molecule has 8 nitrogen and oxygen atoms in total. The second-order valence-corrected chi connectivity index (χ2v) is 6.16. The van der Waals surface area contributed by atoms with Crippen LogP contribution in [0.25, 0.3) is 0 Å². The van der Waals surface area contributed by atoms with Crippen LogP contribution in [0.2, 0.25) is 0 Å². The maximum absolute atomic E-state index is 12.4. The van der Waals surface area contributed by atoms with Crippen LogP contribution in [0.3, 0.4) is 0 Å². The molecule has 0 aliphatic carbocycles. The first-order valence-electron chi connectivity index (χ1n) is 8.23.